The lowest BCUT2D eigenvalue weighted by atomic mass is 10.0. The molecular formula is C30H27F2N3O5. The van der Waals surface area contributed by atoms with Crippen LogP contribution in [0.5, 0.6) is 11.5 Å². The number of hydrogen-bond donors (Lipinski definition) is 3. The highest BCUT2D eigenvalue weighted by Gasteiger charge is 2.38. The molecule has 1 aliphatic carbocycles. The molecule has 0 bridgehead atoms. The largest absolute Gasteiger partial charge is 0.478 e. The number of benzene rings is 3. The van der Waals surface area contributed by atoms with Crippen molar-refractivity contribution in [2.24, 2.45) is 16.6 Å². The summed E-state index contributed by atoms with van der Waals surface area (Å²) in [4.78, 5) is 27.7. The minimum atomic E-state index is -2.67. The highest BCUT2D eigenvalue weighted by Crippen LogP contribution is 2.37. The van der Waals surface area contributed by atoms with E-state index in [2.05, 4.69) is 10.3 Å². The van der Waals surface area contributed by atoms with E-state index in [1.807, 2.05) is 24.3 Å². The third-order valence-corrected chi connectivity index (χ3v) is 6.48. The highest BCUT2D eigenvalue weighted by molar-refractivity contribution is 5.95. The number of carbonyl (C=O) groups excluding carboxylic acids is 1. The van der Waals surface area contributed by atoms with E-state index in [1.54, 1.807) is 25.1 Å². The molecular weight excluding hydrogens is 520 g/mol. The Morgan fingerprint density at radius 2 is 1.93 bits per heavy atom. The quantitative estimate of drug-likeness (QED) is 0.306. The second kappa shape index (κ2) is 10.9. The van der Waals surface area contributed by atoms with Crippen LogP contribution >= 0.6 is 0 Å². The van der Waals surface area contributed by atoms with Gasteiger partial charge in [0.25, 0.3) is 11.7 Å². The van der Waals surface area contributed by atoms with Gasteiger partial charge in [-0.25, -0.2) is 14.2 Å². The number of nitrogens with two attached hydrogens (primary N) is 1. The predicted octanol–water partition coefficient (Wildman–Crippen LogP) is 5.90. The van der Waals surface area contributed by atoms with Crippen LogP contribution in [-0.2, 0) is 11.3 Å². The Balaban J connectivity index is 1.41. The van der Waals surface area contributed by atoms with Crippen LogP contribution < -0.4 is 20.5 Å². The molecule has 0 saturated heterocycles. The first-order valence-electron chi connectivity index (χ1n) is 12.7. The molecule has 3 aromatic rings. The summed E-state index contributed by atoms with van der Waals surface area (Å²) in [5, 5.41) is 12.2. The summed E-state index contributed by atoms with van der Waals surface area (Å²) < 4.78 is 41.8. The van der Waals surface area contributed by atoms with E-state index in [0.717, 1.165) is 30.2 Å². The van der Waals surface area contributed by atoms with Crippen molar-refractivity contribution in [3.05, 3.63) is 89.1 Å². The van der Waals surface area contributed by atoms with Crippen LogP contribution in [0.25, 0.3) is 11.1 Å². The van der Waals surface area contributed by atoms with E-state index >= 15 is 8.78 Å². The van der Waals surface area contributed by atoms with E-state index in [4.69, 9.17) is 15.2 Å². The molecule has 1 atom stereocenters. The lowest BCUT2D eigenvalue weighted by Gasteiger charge is -2.26. The van der Waals surface area contributed by atoms with Crippen molar-refractivity contribution in [1.29, 1.82) is 0 Å². The molecule has 1 saturated carbocycles. The molecule has 1 amide bonds. The highest BCUT2D eigenvalue weighted by atomic mass is 19.2. The number of hydrogen-bond acceptors (Lipinski definition) is 6. The third-order valence-electron chi connectivity index (χ3n) is 6.48. The Morgan fingerprint density at radius 1 is 1.12 bits per heavy atom. The van der Waals surface area contributed by atoms with Crippen LogP contribution in [0.2, 0.25) is 0 Å². The van der Waals surface area contributed by atoms with Gasteiger partial charge >= 0.3 is 5.97 Å². The number of rotatable bonds is 9. The van der Waals surface area contributed by atoms with Gasteiger partial charge in [0, 0.05) is 24.2 Å². The topological polar surface area (TPSA) is 123 Å². The van der Waals surface area contributed by atoms with Crippen molar-refractivity contribution in [2.75, 3.05) is 5.32 Å². The standard InChI is InChI=1S/C30H27F2N3O5/c1-17-5-8-24(29(37)38)26(9-17)39-28-25(31)14-30(32,16-34-28)40-23-12-21(20-4-2-3-18(10-20)15-33)11-22(13-23)35-27(36)19-6-7-19/h2-5,8-13,16,19H,6-7,14-15,33H2,1H3,(H,35,36)(H,37,38). The van der Waals surface area contributed by atoms with Crippen molar-refractivity contribution in [1.82, 2.24) is 0 Å². The van der Waals surface area contributed by atoms with Gasteiger partial charge in [-0.2, -0.15) is 4.39 Å². The smallest absolute Gasteiger partial charge is 0.339 e. The Bertz CT molecular complexity index is 1550. The molecule has 0 spiro atoms. The van der Waals surface area contributed by atoms with Crippen molar-refractivity contribution >= 4 is 23.8 Å². The van der Waals surface area contributed by atoms with Crippen LogP contribution in [0.15, 0.2) is 77.4 Å². The third kappa shape index (κ3) is 6.18. The fourth-order valence-corrected chi connectivity index (χ4v) is 4.26. The van der Waals surface area contributed by atoms with Crippen molar-refractivity contribution < 1.29 is 33.0 Å². The number of aromatic carboxylic acids is 1. The molecule has 3 aromatic carbocycles. The summed E-state index contributed by atoms with van der Waals surface area (Å²) >= 11 is 0. The number of alkyl halides is 1. The number of carboxylic acid groups (broad SMARTS) is 1. The van der Waals surface area contributed by atoms with Gasteiger partial charge in [0.15, 0.2) is 5.83 Å². The van der Waals surface area contributed by atoms with Gasteiger partial charge in [-0.15, -0.1) is 0 Å². The maximum Gasteiger partial charge on any atom is 0.339 e. The molecule has 10 heteroatoms. The molecule has 206 valence electrons. The predicted molar refractivity (Wildman–Crippen MR) is 146 cm³/mol. The van der Waals surface area contributed by atoms with Crippen molar-refractivity contribution in [3.63, 3.8) is 0 Å². The first kappa shape index (κ1) is 27.0. The Hall–Kier alpha value is -4.57. The SMILES string of the molecule is Cc1ccc(C(=O)O)c(OC2=C(F)CC(F)(Oc3cc(NC(=O)C4CC4)cc(-c4cccc(CN)c4)c3)C=N2)c1. The molecule has 1 fully saturated rings. The normalized spacial score (nSPS) is 18.4. The lowest BCUT2D eigenvalue weighted by molar-refractivity contribution is -0.117. The molecule has 8 nitrogen and oxygen atoms in total. The van der Waals surface area contributed by atoms with Gasteiger partial charge in [-0.3, -0.25) is 4.79 Å². The first-order valence-corrected chi connectivity index (χ1v) is 12.7. The zero-order chi connectivity index (χ0) is 28.4. The van der Waals surface area contributed by atoms with Crippen LogP contribution in [0.4, 0.5) is 14.5 Å². The summed E-state index contributed by atoms with van der Waals surface area (Å²) in [6.45, 7) is 2.04. The number of aliphatic imine (C=N–C) groups is 1. The van der Waals surface area contributed by atoms with Gasteiger partial charge in [0.1, 0.15) is 17.1 Å². The molecule has 1 aliphatic heterocycles. The van der Waals surface area contributed by atoms with Gasteiger partial charge in [0.05, 0.1) is 12.6 Å². The number of halogens is 2. The second-order valence-corrected chi connectivity index (χ2v) is 9.85. The van der Waals surface area contributed by atoms with E-state index in [-0.39, 0.29) is 28.9 Å². The number of amides is 1. The molecule has 1 unspecified atom stereocenters. The zero-order valence-corrected chi connectivity index (χ0v) is 21.6. The van der Waals surface area contributed by atoms with E-state index in [1.165, 1.54) is 18.2 Å². The molecule has 0 aromatic heterocycles. The minimum absolute atomic E-state index is 0.0414. The zero-order valence-electron chi connectivity index (χ0n) is 21.6. The number of anilines is 1. The number of nitrogens with one attached hydrogen (secondary N) is 1. The monoisotopic (exact) mass is 547 g/mol. The molecule has 5 rings (SSSR count). The lowest BCUT2D eigenvalue weighted by Crippen LogP contribution is -2.35. The minimum Gasteiger partial charge on any atom is -0.478 e. The fourth-order valence-electron chi connectivity index (χ4n) is 4.26. The molecule has 40 heavy (non-hydrogen) atoms. The second-order valence-electron chi connectivity index (χ2n) is 9.85. The van der Waals surface area contributed by atoms with Crippen LogP contribution in [-0.4, -0.2) is 29.1 Å². The Labute approximate surface area is 229 Å². The Morgan fingerprint density at radius 3 is 2.62 bits per heavy atom. The summed E-state index contributed by atoms with van der Waals surface area (Å²) in [7, 11) is 0. The summed E-state index contributed by atoms with van der Waals surface area (Å²) in [5.41, 5.74) is 8.97. The van der Waals surface area contributed by atoms with Gasteiger partial charge < -0.3 is 25.6 Å². The summed E-state index contributed by atoms with van der Waals surface area (Å²) in [5.74, 6) is -5.83. The van der Waals surface area contributed by atoms with Gasteiger partial charge in [-0.05, 0) is 72.4 Å². The number of carboxylic acids is 1. The maximum absolute atomic E-state index is 15.8. The van der Waals surface area contributed by atoms with E-state index in [0.29, 0.717) is 23.4 Å². The average Bonchev–Trinajstić information content (AvgIpc) is 3.76. The number of ether oxygens (including phenoxy) is 2. The van der Waals surface area contributed by atoms with Crippen LogP contribution in [0, 0.1) is 12.8 Å². The number of aryl methyl sites for hydroxylation is 1. The fraction of sp³-hybridized carbons (Fsp3) is 0.233. The van der Waals surface area contributed by atoms with E-state index < -0.39 is 30.0 Å². The number of nitrogens with zero attached hydrogens (tertiary/aromatic N) is 1. The van der Waals surface area contributed by atoms with Crippen LogP contribution in [0.1, 0.15) is 40.7 Å². The van der Waals surface area contributed by atoms with Gasteiger partial charge in [-0.1, -0.05) is 24.3 Å². The summed E-state index contributed by atoms with van der Waals surface area (Å²) in [6.07, 6.45) is 1.52. The van der Waals surface area contributed by atoms with E-state index in [9.17, 15) is 14.7 Å². The molecule has 0 radical (unpaired) electrons. The van der Waals surface area contributed by atoms with Gasteiger partial charge in [0.2, 0.25) is 5.91 Å². The first-order chi connectivity index (χ1) is 19.1. The average molecular weight is 548 g/mol. The Kier molecular flexibility index (Phi) is 7.36. The van der Waals surface area contributed by atoms with Crippen LogP contribution in [0.3, 0.4) is 0 Å². The molecule has 2 aliphatic rings. The van der Waals surface area contributed by atoms with Crippen molar-refractivity contribution in [2.45, 2.75) is 38.6 Å². The molecule has 1 heterocycles. The molecule has 4 N–H and O–H groups in total. The summed E-state index contributed by atoms with van der Waals surface area (Å²) in [6, 6.07) is 16.6. The number of carbonyl (C=O) groups is 2. The van der Waals surface area contributed by atoms with Crippen molar-refractivity contribution in [3.8, 4) is 22.6 Å². The maximum atomic E-state index is 15.8.